The lowest BCUT2D eigenvalue weighted by atomic mass is 10.1. The van der Waals surface area contributed by atoms with Crippen molar-refractivity contribution in [3.63, 3.8) is 0 Å². The second-order valence-corrected chi connectivity index (χ2v) is 6.81. The van der Waals surface area contributed by atoms with Crippen molar-refractivity contribution in [3.05, 3.63) is 52.4 Å². The van der Waals surface area contributed by atoms with Crippen molar-refractivity contribution < 1.29 is 14.7 Å². The van der Waals surface area contributed by atoms with E-state index in [1.165, 1.54) is 16.7 Å². The summed E-state index contributed by atoms with van der Waals surface area (Å²) in [5.41, 5.74) is 2.03. The molecule has 23 heavy (non-hydrogen) atoms. The second kappa shape index (κ2) is 8.08. The van der Waals surface area contributed by atoms with E-state index in [1.807, 2.05) is 49.4 Å². The number of hydrogen-bond donors (Lipinski definition) is 1. The molecular weight excluding hydrogens is 330 g/mol. The number of thioether (sulfide) groups is 1. The van der Waals surface area contributed by atoms with E-state index in [-0.39, 0.29) is 12.3 Å². The highest BCUT2D eigenvalue weighted by atomic mass is 32.2. The van der Waals surface area contributed by atoms with Gasteiger partial charge in [-0.25, -0.2) is 0 Å². The Bertz CT molecular complexity index is 680. The van der Waals surface area contributed by atoms with E-state index in [1.54, 1.807) is 0 Å². The zero-order valence-electron chi connectivity index (χ0n) is 12.7. The van der Waals surface area contributed by atoms with Crippen LogP contribution in [0.5, 0.6) is 0 Å². The average molecular weight is 347 g/mol. The number of amides is 1. The van der Waals surface area contributed by atoms with Crippen molar-refractivity contribution in [2.75, 3.05) is 6.54 Å². The number of thiocarbonyl (C=S) groups is 1. The Morgan fingerprint density at radius 3 is 2.70 bits per heavy atom. The Hall–Kier alpha value is -1.92. The lowest BCUT2D eigenvalue weighted by molar-refractivity contribution is -0.137. The summed E-state index contributed by atoms with van der Waals surface area (Å²) in [6, 6.07) is 9.86. The van der Waals surface area contributed by atoms with E-state index >= 15 is 0 Å². The van der Waals surface area contributed by atoms with Crippen molar-refractivity contribution in [3.8, 4) is 0 Å². The molecule has 120 valence electrons. The van der Waals surface area contributed by atoms with Crippen LogP contribution in [0.25, 0.3) is 6.08 Å². The molecule has 0 saturated carbocycles. The maximum absolute atomic E-state index is 12.4. The van der Waals surface area contributed by atoms with Crippen LogP contribution in [0.4, 0.5) is 0 Å². The summed E-state index contributed by atoms with van der Waals surface area (Å²) < 4.78 is 0.485. The highest BCUT2D eigenvalue weighted by Gasteiger charge is 2.31. The van der Waals surface area contributed by atoms with Crippen LogP contribution in [0.2, 0.25) is 0 Å². The molecule has 0 aliphatic carbocycles. The summed E-state index contributed by atoms with van der Waals surface area (Å²) in [6.45, 7) is 2.28. The van der Waals surface area contributed by atoms with Gasteiger partial charge in [-0.1, -0.05) is 60.4 Å². The lowest BCUT2D eigenvalue weighted by Crippen LogP contribution is -2.29. The Kier molecular flexibility index (Phi) is 6.12. The van der Waals surface area contributed by atoms with Crippen LogP contribution >= 0.6 is 24.0 Å². The molecule has 0 aromatic heterocycles. The summed E-state index contributed by atoms with van der Waals surface area (Å²) in [4.78, 5) is 25.0. The minimum atomic E-state index is -0.868. The van der Waals surface area contributed by atoms with Gasteiger partial charge in [0.05, 0.1) is 4.91 Å². The van der Waals surface area contributed by atoms with E-state index in [2.05, 4.69) is 0 Å². The summed E-state index contributed by atoms with van der Waals surface area (Å²) in [7, 11) is 0. The monoisotopic (exact) mass is 347 g/mol. The Morgan fingerprint density at radius 2 is 2.04 bits per heavy atom. The molecule has 1 aliphatic heterocycles. The molecule has 0 radical (unpaired) electrons. The Morgan fingerprint density at radius 1 is 1.35 bits per heavy atom. The summed E-state index contributed by atoms with van der Waals surface area (Å²) >= 11 is 6.48. The smallest absolute Gasteiger partial charge is 0.303 e. The maximum atomic E-state index is 12.4. The van der Waals surface area contributed by atoms with Crippen LogP contribution < -0.4 is 0 Å². The number of benzene rings is 1. The normalized spacial score (nSPS) is 17.2. The molecule has 0 atom stereocenters. The minimum Gasteiger partial charge on any atom is -0.481 e. The van der Waals surface area contributed by atoms with Crippen molar-refractivity contribution in [2.24, 2.45) is 0 Å². The molecule has 0 spiro atoms. The highest BCUT2D eigenvalue weighted by Crippen LogP contribution is 2.32. The Labute approximate surface area is 144 Å². The number of carbonyl (C=O) groups is 2. The SMILES string of the molecule is CC(=C\c1ccccc1)/C=C1/SC(=S)N(CCCC(=O)O)C1=O. The molecule has 2 rings (SSSR count). The first-order chi connectivity index (χ1) is 11.0. The lowest BCUT2D eigenvalue weighted by Gasteiger charge is -2.13. The highest BCUT2D eigenvalue weighted by molar-refractivity contribution is 8.26. The first-order valence-corrected chi connectivity index (χ1v) is 8.40. The van der Waals surface area contributed by atoms with Crippen molar-refractivity contribution >= 4 is 46.3 Å². The van der Waals surface area contributed by atoms with Crippen LogP contribution in [0.3, 0.4) is 0 Å². The van der Waals surface area contributed by atoms with Gasteiger partial charge in [0, 0.05) is 13.0 Å². The van der Waals surface area contributed by atoms with Gasteiger partial charge in [0.1, 0.15) is 4.32 Å². The van der Waals surface area contributed by atoms with Crippen LogP contribution in [-0.2, 0) is 9.59 Å². The fraction of sp³-hybridized carbons (Fsp3) is 0.235. The van der Waals surface area contributed by atoms with Gasteiger partial charge in [0.2, 0.25) is 0 Å². The van der Waals surface area contributed by atoms with Gasteiger partial charge in [-0.05, 0) is 30.6 Å². The topological polar surface area (TPSA) is 57.6 Å². The predicted molar refractivity (Wildman–Crippen MR) is 96.9 cm³/mol. The van der Waals surface area contributed by atoms with Crippen LogP contribution in [0.15, 0.2) is 46.9 Å². The van der Waals surface area contributed by atoms with E-state index in [4.69, 9.17) is 17.3 Å². The molecule has 1 aromatic rings. The van der Waals surface area contributed by atoms with Crippen molar-refractivity contribution in [1.29, 1.82) is 0 Å². The first kappa shape index (κ1) is 17.4. The number of carboxylic acid groups (broad SMARTS) is 1. The third kappa shape index (κ3) is 5.04. The number of allylic oxidation sites excluding steroid dienone is 2. The molecule has 1 amide bonds. The standard InChI is InChI=1S/C17H17NO3S2/c1-12(10-13-6-3-2-4-7-13)11-14-16(21)18(17(22)23-14)9-5-8-15(19)20/h2-4,6-7,10-11H,5,8-9H2,1H3,(H,19,20)/b12-10+,14-11+. The summed E-state index contributed by atoms with van der Waals surface area (Å²) in [6.07, 6.45) is 4.25. The molecule has 1 saturated heterocycles. The fourth-order valence-corrected chi connectivity index (χ4v) is 3.50. The van der Waals surface area contributed by atoms with Gasteiger partial charge in [0.25, 0.3) is 5.91 Å². The fourth-order valence-electron chi connectivity index (χ4n) is 2.14. The molecule has 1 fully saturated rings. The largest absolute Gasteiger partial charge is 0.481 e. The molecular formula is C17H17NO3S2. The maximum Gasteiger partial charge on any atom is 0.303 e. The van der Waals surface area contributed by atoms with Gasteiger partial charge < -0.3 is 5.11 Å². The number of nitrogens with zero attached hydrogens (tertiary/aromatic N) is 1. The van der Waals surface area contributed by atoms with Gasteiger partial charge in [-0.15, -0.1) is 0 Å². The number of aliphatic carboxylic acids is 1. The molecule has 0 unspecified atom stereocenters. The van der Waals surface area contributed by atoms with Gasteiger partial charge in [-0.3, -0.25) is 14.5 Å². The minimum absolute atomic E-state index is 0.0308. The third-order valence-corrected chi connectivity index (χ3v) is 4.58. The Balaban J connectivity index is 2.06. The van der Waals surface area contributed by atoms with E-state index in [0.29, 0.717) is 22.2 Å². The van der Waals surface area contributed by atoms with Gasteiger partial charge in [0.15, 0.2) is 0 Å². The van der Waals surface area contributed by atoms with Crippen LogP contribution in [-0.4, -0.2) is 32.7 Å². The zero-order chi connectivity index (χ0) is 16.8. The molecule has 0 bridgehead atoms. The first-order valence-electron chi connectivity index (χ1n) is 7.18. The molecule has 6 heteroatoms. The molecule has 1 aliphatic rings. The van der Waals surface area contributed by atoms with E-state index < -0.39 is 5.97 Å². The molecule has 1 heterocycles. The molecule has 4 nitrogen and oxygen atoms in total. The van der Waals surface area contributed by atoms with E-state index in [0.717, 1.165) is 11.1 Å². The second-order valence-electron chi connectivity index (χ2n) is 5.13. The molecule has 1 aromatic carbocycles. The summed E-state index contributed by atoms with van der Waals surface area (Å²) in [5.74, 6) is -1.01. The third-order valence-electron chi connectivity index (χ3n) is 3.20. The number of rotatable bonds is 6. The van der Waals surface area contributed by atoms with Crippen LogP contribution in [0.1, 0.15) is 25.3 Å². The van der Waals surface area contributed by atoms with Crippen molar-refractivity contribution in [2.45, 2.75) is 19.8 Å². The number of hydrogen-bond acceptors (Lipinski definition) is 4. The predicted octanol–water partition coefficient (Wildman–Crippen LogP) is 3.70. The number of carboxylic acids is 1. The molecule has 1 N–H and O–H groups in total. The van der Waals surface area contributed by atoms with Gasteiger partial charge >= 0.3 is 5.97 Å². The van der Waals surface area contributed by atoms with Crippen molar-refractivity contribution in [1.82, 2.24) is 4.90 Å². The quantitative estimate of drug-likeness (QED) is 0.628. The number of carbonyl (C=O) groups excluding carboxylic acids is 1. The van der Waals surface area contributed by atoms with Crippen LogP contribution in [0, 0.1) is 0 Å². The summed E-state index contributed by atoms with van der Waals surface area (Å²) in [5, 5.41) is 8.67. The van der Waals surface area contributed by atoms with E-state index in [9.17, 15) is 9.59 Å². The van der Waals surface area contributed by atoms with Gasteiger partial charge in [-0.2, -0.15) is 0 Å². The average Bonchev–Trinajstić information content (AvgIpc) is 2.75. The zero-order valence-corrected chi connectivity index (χ0v) is 14.3.